The molecule has 1 aromatic heterocycles. The molecule has 1 heterocycles. The van der Waals surface area contributed by atoms with Crippen molar-refractivity contribution in [1.82, 2.24) is 0 Å². The fourth-order valence-corrected chi connectivity index (χ4v) is 3.82. The summed E-state index contributed by atoms with van der Waals surface area (Å²) in [6.45, 7) is 0. The Hall–Kier alpha value is -3.49. The first kappa shape index (κ1) is 22.7. The minimum Gasteiger partial charge on any atom is -0.497 e. The van der Waals surface area contributed by atoms with Gasteiger partial charge in [-0.1, -0.05) is 25.3 Å². The Balaban J connectivity index is 1.71. The molecule has 0 radical (unpaired) electrons. The lowest BCUT2D eigenvalue weighted by molar-refractivity contribution is -0.154. The van der Waals surface area contributed by atoms with Crippen LogP contribution in [-0.4, -0.2) is 13.1 Å². The molecule has 2 aromatic carbocycles. The highest BCUT2D eigenvalue weighted by Gasteiger charge is 2.40. The maximum Gasteiger partial charge on any atom is 0.453 e. The van der Waals surface area contributed by atoms with Gasteiger partial charge in [0.05, 0.1) is 18.4 Å². The van der Waals surface area contributed by atoms with E-state index in [0.717, 1.165) is 25.3 Å². The summed E-state index contributed by atoms with van der Waals surface area (Å²) in [6, 6.07) is 9.54. The third-order valence-electron chi connectivity index (χ3n) is 5.50. The van der Waals surface area contributed by atoms with Crippen LogP contribution < -0.4 is 19.6 Å². The van der Waals surface area contributed by atoms with Gasteiger partial charge in [-0.25, -0.2) is 0 Å². The van der Waals surface area contributed by atoms with Crippen molar-refractivity contribution in [1.29, 1.82) is 0 Å². The summed E-state index contributed by atoms with van der Waals surface area (Å²) in [5.41, 5.74) is -1.36. The summed E-state index contributed by atoms with van der Waals surface area (Å²) in [4.78, 5) is 25.3. The number of carbonyl (C=O) groups is 1. The summed E-state index contributed by atoms with van der Waals surface area (Å²) in [7, 11) is 1.39. The zero-order valence-electron chi connectivity index (χ0n) is 17.7. The van der Waals surface area contributed by atoms with Gasteiger partial charge in [0.2, 0.25) is 11.2 Å². The van der Waals surface area contributed by atoms with Crippen LogP contribution in [0.5, 0.6) is 23.0 Å². The SMILES string of the molecule is COc1cccc(Oc2c(C(F)(F)F)oc3cc(OC(=O)C4CCCCC4)ccc3c2=O)c1. The molecule has 1 saturated carbocycles. The number of benzene rings is 2. The molecule has 3 aromatic rings. The van der Waals surface area contributed by atoms with Crippen molar-refractivity contribution in [3.63, 3.8) is 0 Å². The van der Waals surface area contributed by atoms with Crippen LogP contribution in [0.15, 0.2) is 51.7 Å². The number of rotatable bonds is 5. The standard InChI is InChI=1S/C24H21F3O6/c1-30-15-8-5-9-16(12-15)31-21-20(28)18-11-10-17(13-19(18)33-22(21)24(25,26)27)32-23(29)14-6-3-2-4-7-14/h5,8-14H,2-4,6-7H2,1H3. The summed E-state index contributed by atoms with van der Waals surface area (Å²) < 4.78 is 62.0. The number of alkyl halides is 3. The number of fused-ring (bicyclic) bond motifs is 1. The van der Waals surface area contributed by atoms with E-state index in [1.807, 2.05) is 0 Å². The highest BCUT2D eigenvalue weighted by atomic mass is 19.4. The number of methoxy groups -OCH3 is 1. The van der Waals surface area contributed by atoms with Gasteiger partial charge >= 0.3 is 12.1 Å². The summed E-state index contributed by atoms with van der Waals surface area (Å²) in [5.74, 6) is -2.93. The zero-order chi connectivity index (χ0) is 23.6. The Morgan fingerprint density at radius 3 is 2.42 bits per heavy atom. The van der Waals surface area contributed by atoms with Crippen LogP contribution in [-0.2, 0) is 11.0 Å². The van der Waals surface area contributed by atoms with Crippen LogP contribution in [0.2, 0.25) is 0 Å². The van der Waals surface area contributed by atoms with E-state index < -0.39 is 29.1 Å². The van der Waals surface area contributed by atoms with Crippen molar-refractivity contribution in [2.24, 2.45) is 5.92 Å². The molecule has 9 heteroatoms. The number of esters is 1. The molecule has 4 rings (SSSR count). The topological polar surface area (TPSA) is 75.0 Å². The van der Waals surface area contributed by atoms with E-state index in [1.165, 1.54) is 37.4 Å². The van der Waals surface area contributed by atoms with E-state index in [2.05, 4.69) is 0 Å². The second-order valence-corrected chi connectivity index (χ2v) is 7.78. The largest absolute Gasteiger partial charge is 0.497 e. The number of hydrogen-bond donors (Lipinski definition) is 0. The van der Waals surface area contributed by atoms with Crippen molar-refractivity contribution in [2.45, 2.75) is 38.3 Å². The monoisotopic (exact) mass is 462 g/mol. The van der Waals surface area contributed by atoms with E-state index in [1.54, 1.807) is 6.07 Å². The second kappa shape index (κ2) is 9.17. The van der Waals surface area contributed by atoms with Crippen molar-refractivity contribution < 1.29 is 36.6 Å². The summed E-state index contributed by atoms with van der Waals surface area (Å²) in [5, 5.41) is -0.140. The molecule has 33 heavy (non-hydrogen) atoms. The Morgan fingerprint density at radius 2 is 1.73 bits per heavy atom. The Labute approximate surface area is 186 Å². The van der Waals surface area contributed by atoms with E-state index in [-0.39, 0.29) is 28.4 Å². The molecule has 0 unspecified atom stereocenters. The smallest absolute Gasteiger partial charge is 0.453 e. The molecule has 0 N–H and O–H groups in total. The third-order valence-corrected chi connectivity index (χ3v) is 5.50. The zero-order valence-corrected chi connectivity index (χ0v) is 17.7. The fourth-order valence-electron chi connectivity index (χ4n) is 3.82. The van der Waals surface area contributed by atoms with Gasteiger partial charge in [0.25, 0.3) is 5.76 Å². The second-order valence-electron chi connectivity index (χ2n) is 7.78. The Kier molecular flexibility index (Phi) is 6.31. The van der Waals surface area contributed by atoms with E-state index in [4.69, 9.17) is 18.6 Å². The molecule has 1 fully saturated rings. The minimum absolute atomic E-state index is 0.0100. The molecule has 0 bridgehead atoms. The summed E-state index contributed by atoms with van der Waals surface area (Å²) in [6.07, 6.45) is -0.661. The van der Waals surface area contributed by atoms with E-state index in [0.29, 0.717) is 18.6 Å². The molecule has 0 spiro atoms. The van der Waals surface area contributed by atoms with Crippen LogP contribution in [0.4, 0.5) is 13.2 Å². The first-order valence-electron chi connectivity index (χ1n) is 10.5. The van der Waals surface area contributed by atoms with Crippen LogP contribution in [0.3, 0.4) is 0 Å². The quantitative estimate of drug-likeness (QED) is 0.337. The van der Waals surface area contributed by atoms with Crippen LogP contribution >= 0.6 is 0 Å². The molecule has 0 atom stereocenters. The van der Waals surface area contributed by atoms with Crippen LogP contribution in [0, 0.1) is 5.92 Å². The molecule has 1 aliphatic carbocycles. The molecular weight excluding hydrogens is 441 g/mol. The maximum absolute atomic E-state index is 13.7. The number of halogens is 3. The molecule has 0 amide bonds. The lowest BCUT2D eigenvalue weighted by Gasteiger charge is -2.19. The molecule has 6 nitrogen and oxygen atoms in total. The molecule has 0 saturated heterocycles. The molecule has 1 aliphatic rings. The van der Waals surface area contributed by atoms with Gasteiger partial charge < -0.3 is 18.6 Å². The lowest BCUT2D eigenvalue weighted by atomic mass is 9.89. The average Bonchev–Trinajstić information content (AvgIpc) is 2.80. The predicted molar refractivity (Wildman–Crippen MR) is 113 cm³/mol. The van der Waals surface area contributed by atoms with Crippen LogP contribution in [0.1, 0.15) is 37.9 Å². The first-order chi connectivity index (χ1) is 15.8. The molecular formula is C24H21F3O6. The summed E-state index contributed by atoms with van der Waals surface area (Å²) >= 11 is 0. The van der Waals surface area contributed by atoms with Crippen molar-refractivity contribution in [2.75, 3.05) is 7.11 Å². The Bertz CT molecular complexity index is 1230. The first-order valence-corrected chi connectivity index (χ1v) is 10.5. The molecule has 174 valence electrons. The predicted octanol–water partition coefficient (Wildman–Crippen LogP) is 6.10. The van der Waals surface area contributed by atoms with Gasteiger partial charge in [0.15, 0.2) is 0 Å². The van der Waals surface area contributed by atoms with Gasteiger partial charge in [0, 0.05) is 12.1 Å². The maximum atomic E-state index is 13.7. The lowest BCUT2D eigenvalue weighted by Crippen LogP contribution is -2.22. The van der Waals surface area contributed by atoms with Crippen molar-refractivity contribution in [3.05, 3.63) is 58.4 Å². The van der Waals surface area contributed by atoms with Gasteiger partial charge in [-0.3, -0.25) is 9.59 Å². The molecule has 0 aliphatic heterocycles. The minimum atomic E-state index is -5.00. The average molecular weight is 462 g/mol. The number of ether oxygens (including phenoxy) is 3. The number of hydrogen-bond acceptors (Lipinski definition) is 6. The normalized spacial score (nSPS) is 14.8. The van der Waals surface area contributed by atoms with Crippen molar-refractivity contribution >= 4 is 16.9 Å². The van der Waals surface area contributed by atoms with E-state index in [9.17, 15) is 22.8 Å². The third kappa shape index (κ3) is 4.97. The van der Waals surface area contributed by atoms with E-state index >= 15 is 0 Å². The Morgan fingerprint density at radius 1 is 1.00 bits per heavy atom. The van der Waals surface area contributed by atoms with Gasteiger partial charge in [-0.05, 0) is 37.1 Å². The van der Waals surface area contributed by atoms with Gasteiger partial charge in [-0.2, -0.15) is 13.2 Å². The highest BCUT2D eigenvalue weighted by molar-refractivity contribution is 5.82. The highest BCUT2D eigenvalue weighted by Crippen LogP contribution is 2.39. The van der Waals surface area contributed by atoms with Gasteiger partial charge in [0.1, 0.15) is 22.8 Å². The van der Waals surface area contributed by atoms with Crippen LogP contribution in [0.25, 0.3) is 11.0 Å². The fraction of sp³-hybridized carbons (Fsp3) is 0.333. The number of carbonyl (C=O) groups excluding carboxylic acids is 1. The van der Waals surface area contributed by atoms with Gasteiger partial charge in [-0.15, -0.1) is 0 Å². The van der Waals surface area contributed by atoms with Crippen molar-refractivity contribution in [3.8, 4) is 23.0 Å².